The summed E-state index contributed by atoms with van der Waals surface area (Å²) in [6.45, 7) is -0.665. The number of carbonyl (C=O) groups excluding carboxylic acids is 1. The lowest BCUT2D eigenvalue weighted by Crippen LogP contribution is -2.27. The van der Waals surface area contributed by atoms with Crippen molar-refractivity contribution in [3.63, 3.8) is 0 Å². The lowest BCUT2D eigenvalue weighted by Gasteiger charge is -2.10. The van der Waals surface area contributed by atoms with Crippen molar-refractivity contribution < 1.29 is 40.2 Å². The molecule has 0 radical (unpaired) electrons. The van der Waals surface area contributed by atoms with Crippen LogP contribution in [0.4, 0.5) is 17.6 Å². The van der Waals surface area contributed by atoms with Gasteiger partial charge in [-0.1, -0.05) is 18.2 Å². The third kappa shape index (κ3) is 7.02. The first-order chi connectivity index (χ1) is 13.6. The first-order valence-electron chi connectivity index (χ1n) is 8.29. The van der Waals surface area contributed by atoms with E-state index in [1.807, 2.05) is 4.72 Å². The summed E-state index contributed by atoms with van der Waals surface area (Å²) in [4.78, 5) is 11.0. The molecule has 29 heavy (non-hydrogen) atoms. The molecule has 0 aliphatic carbocycles. The molecule has 0 bridgehead atoms. The van der Waals surface area contributed by atoms with E-state index in [2.05, 4.69) is 0 Å². The quantitative estimate of drug-likeness (QED) is 0.372. The highest BCUT2D eigenvalue weighted by Crippen LogP contribution is 2.30. The van der Waals surface area contributed by atoms with Gasteiger partial charge in [0.15, 0.2) is 11.6 Å². The largest absolute Gasteiger partial charge is 0.487 e. The van der Waals surface area contributed by atoms with Crippen LogP contribution in [0, 0.1) is 5.82 Å². The molecule has 2 aromatic carbocycles. The molecule has 2 aromatic rings. The maximum absolute atomic E-state index is 13.3. The number of ether oxygens (including phenoxy) is 2. The average Bonchev–Trinajstić information content (AvgIpc) is 2.66. The van der Waals surface area contributed by atoms with Gasteiger partial charge in [-0.3, -0.25) is 4.79 Å². The minimum atomic E-state index is -4.68. The van der Waals surface area contributed by atoms with Gasteiger partial charge in [-0.25, -0.2) is 17.5 Å². The molecule has 1 N–H and O–H groups in total. The van der Waals surface area contributed by atoms with E-state index >= 15 is 0 Å². The van der Waals surface area contributed by atoms with Crippen molar-refractivity contribution >= 4 is 16.0 Å². The van der Waals surface area contributed by atoms with Gasteiger partial charge in [-0.15, -0.1) is 0 Å². The van der Waals surface area contributed by atoms with E-state index in [1.54, 1.807) is 6.07 Å². The molecule has 158 valence electrons. The molecule has 0 aromatic heterocycles. The second-order valence-corrected chi connectivity index (χ2v) is 7.44. The molecule has 0 amide bonds. The van der Waals surface area contributed by atoms with Crippen LogP contribution in [0.15, 0.2) is 53.4 Å². The van der Waals surface area contributed by atoms with Crippen LogP contribution in [0.25, 0.3) is 0 Å². The highest BCUT2D eigenvalue weighted by Gasteiger charge is 2.31. The van der Waals surface area contributed by atoms with E-state index in [0.717, 1.165) is 18.2 Å². The molecule has 0 atom stereocenters. The monoisotopic (exact) mass is 435 g/mol. The second kappa shape index (κ2) is 9.70. The molecule has 11 heteroatoms. The number of sulfonamides is 1. The minimum Gasteiger partial charge on any atom is -0.487 e. The molecule has 2 rings (SSSR count). The first kappa shape index (κ1) is 22.6. The van der Waals surface area contributed by atoms with Crippen molar-refractivity contribution in [1.29, 1.82) is 0 Å². The number of halogens is 4. The summed E-state index contributed by atoms with van der Waals surface area (Å²) in [5.74, 6) is -1.32. The predicted molar refractivity (Wildman–Crippen MR) is 94.1 cm³/mol. The zero-order chi connectivity index (χ0) is 21.5. The number of hydrogen-bond acceptors (Lipinski definition) is 5. The molecule has 0 aliphatic rings. The summed E-state index contributed by atoms with van der Waals surface area (Å²) in [5, 5.41) is 0. The molecule has 0 saturated carbocycles. The van der Waals surface area contributed by atoms with E-state index in [0.29, 0.717) is 6.07 Å². The number of para-hydroxylation sites is 1. The van der Waals surface area contributed by atoms with Crippen molar-refractivity contribution in [3.8, 4) is 5.75 Å². The Kier molecular flexibility index (Phi) is 7.57. The Labute approximate surface area is 164 Å². The van der Waals surface area contributed by atoms with E-state index in [-0.39, 0.29) is 31.9 Å². The third-order valence-electron chi connectivity index (χ3n) is 3.53. The molecule has 0 aliphatic heterocycles. The molecule has 0 spiro atoms. The number of esters is 1. The van der Waals surface area contributed by atoms with Crippen LogP contribution in [0.3, 0.4) is 0 Å². The molecule has 0 fully saturated rings. The van der Waals surface area contributed by atoms with Crippen LogP contribution in [0.2, 0.25) is 0 Å². The average molecular weight is 435 g/mol. The maximum Gasteiger partial charge on any atom is 0.416 e. The summed E-state index contributed by atoms with van der Waals surface area (Å²) in [6.07, 6.45) is -5.03. The van der Waals surface area contributed by atoms with Crippen molar-refractivity contribution in [2.45, 2.75) is 17.5 Å². The van der Waals surface area contributed by atoms with Gasteiger partial charge in [0, 0.05) is 6.54 Å². The van der Waals surface area contributed by atoms with Crippen molar-refractivity contribution in [2.75, 3.05) is 19.8 Å². The molecule has 0 unspecified atom stereocenters. The van der Waals surface area contributed by atoms with E-state index in [4.69, 9.17) is 9.47 Å². The number of benzene rings is 2. The van der Waals surface area contributed by atoms with Crippen LogP contribution in [-0.4, -0.2) is 34.1 Å². The van der Waals surface area contributed by atoms with Crippen LogP contribution < -0.4 is 9.46 Å². The summed E-state index contributed by atoms with van der Waals surface area (Å²) in [6, 6.07) is 8.90. The SMILES string of the molecule is O=C(CCNS(=O)(=O)c1cccc(C(F)(F)F)c1)OCCOc1ccccc1F. The fourth-order valence-corrected chi connectivity index (χ4v) is 3.23. The Hall–Kier alpha value is -2.66. The van der Waals surface area contributed by atoms with Crippen molar-refractivity contribution in [3.05, 3.63) is 59.9 Å². The Bertz CT molecular complexity index is 947. The van der Waals surface area contributed by atoms with E-state index in [1.165, 1.54) is 18.2 Å². The molecule has 0 heterocycles. The van der Waals surface area contributed by atoms with Crippen LogP contribution in [0.5, 0.6) is 5.75 Å². The highest BCUT2D eigenvalue weighted by molar-refractivity contribution is 7.89. The normalized spacial score (nSPS) is 11.9. The molecular formula is C18H17F4NO5S. The van der Waals surface area contributed by atoms with Gasteiger partial charge in [-0.05, 0) is 30.3 Å². The minimum absolute atomic E-state index is 0.00241. The number of alkyl halides is 3. The smallest absolute Gasteiger partial charge is 0.416 e. The summed E-state index contributed by atoms with van der Waals surface area (Å²) in [7, 11) is -4.23. The predicted octanol–water partition coefficient (Wildman–Crippen LogP) is 3.14. The Morgan fingerprint density at radius 2 is 1.76 bits per heavy atom. The standard InChI is InChI=1S/C18H17F4NO5S/c19-15-6-1-2-7-16(15)27-10-11-28-17(24)8-9-23-29(25,26)14-5-3-4-13(12-14)18(20,21)22/h1-7,12,23H,8-11H2. The fourth-order valence-electron chi connectivity index (χ4n) is 2.15. The van der Waals surface area contributed by atoms with Crippen LogP contribution in [-0.2, 0) is 25.7 Å². The fraction of sp³-hybridized carbons (Fsp3) is 0.278. The zero-order valence-electron chi connectivity index (χ0n) is 14.9. The molecule has 0 saturated heterocycles. The second-order valence-electron chi connectivity index (χ2n) is 5.67. The molecule has 6 nitrogen and oxygen atoms in total. The number of rotatable bonds is 9. The zero-order valence-corrected chi connectivity index (χ0v) is 15.7. The van der Waals surface area contributed by atoms with Gasteiger partial charge in [0.2, 0.25) is 10.0 Å². The Morgan fingerprint density at radius 3 is 2.45 bits per heavy atom. The Morgan fingerprint density at radius 1 is 1.03 bits per heavy atom. The van der Waals surface area contributed by atoms with Gasteiger partial charge in [-0.2, -0.15) is 13.2 Å². The van der Waals surface area contributed by atoms with E-state index in [9.17, 15) is 30.8 Å². The summed E-state index contributed by atoms with van der Waals surface area (Å²) >= 11 is 0. The number of carbonyl (C=O) groups is 1. The number of nitrogens with one attached hydrogen (secondary N) is 1. The van der Waals surface area contributed by atoms with Gasteiger partial charge in [0.1, 0.15) is 13.2 Å². The lowest BCUT2D eigenvalue weighted by atomic mass is 10.2. The van der Waals surface area contributed by atoms with Gasteiger partial charge >= 0.3 is 12.1 Å². The van der Waals surface area contributed by atoms with Crippen LogP contribution in [0.1, 0.15) is 12.0 Å². The van der Waals surface area contributed by atoms with Crippen molar-refractivity contribution in [1.82, 2.24) is 4.72 Å². The van der Waals surface area contributed by atoms with E-state index < -0.39 is 38.4 Å². The topological polar surface area (TPSA) is 81.7 Å². The first-order valence-corrected chi connectivity index (χ1v) is 9.78. The summed E-state index contributed by atoms with van der Waals surface area (Å²) < 4.78 is 87.4. The van der Waals surface area contributed by atoms with Crippen LogP contribution >= 0.6 is 0 Å². The van der Waals surface area contributed by atoms with Gasteiger partial charge in [0.25, 0.3) is 0 Å². The van der Waals surface area contributed by atoms with Gasteiger partial charge < -0.3 is 9.47 Å². The van der Waals surface area contributed by atoms with Crippen molar-refractivity contribution in [2.24, 2.45) is 0 Å². The number of hydrogen-bond donors (Lipinski definition) is 1. The highest BCUT2D eigenvalue weighted by atomic mass is 32.2. The third-order valence-corrected chi connectivity index (χ3v) is 4.99. The maximum atomic E-state index is 13.3. The summed E-state index contributed by atoms with van der Waals surface area (Å²) in [5.41, 5.74) is -1.10. The molecular weight excluding hydrogens is 418 g/mol. The van der Waals surface area contributed by atoms with Gasteiger partial charge in [0.05, 0.1) is 16.9 Å². The lowest BCUT2D eigenvalue weighted by molar-refractivity contribution is -0.144. The Balaban J connectivity index is 1.76.